The summed E-state index contributed by atoms with van der Waals surface area (Å²) in [5.41, 5.74) is 1.05. The van der Waals surface area contributed by atoms with Gasteiger partial charge < -0.3 is 15.7 Å². The van der Waals surface area contributed by atoms with Crippen LogP contribution >= 0.6 is 47.2 Å². The summed E-state index contributed by atoms with van der Waals surface area (Å²) in [7, 11) is 0. The highest BCUT2D eigenvalue weighted by atomic mass is 127. The van der Waals surface area contributed by atoms with Gasteiger partial charge in [-0.1, -0.05) is 35.7 Å². The summed E-state index contributed by atoms with van der Waals surface area (Å²) in [6.07, 6.45) is 2.82. The van der Waals surface area contributed by atoms with Gasteiger partial charge in [0, 0.05) is 19.0 Å². The summed E-state index contributed by atoms with van der Waals surface area (Å²) >= 11 is 12.1. The fraction of sp³-hybridized carbons (Fsp3) is 0.588. The van der Waals surface area contributed by atoms with Gasteiger partial charge in [0.2, 0.25) is 0 Å². The quantitative estimate of drug-likeness (QED) is 0.329. The normalized spacial score (nSPS) is 22.0. The molecule has 0 saturated heterocycles. The van der Waals surface area contributed by atoms with E-state index in [0.717, 1.165) is 37.3 Å². The topological polar surface area (TPSA) is 56.7 Å². The number of guanidine groups is 1. The van der Waals surface area contributed by atoms with Crippen molar-refractivity contribution >= 4 is 53.1 Å². The van der Waals surface area contributed by atoms with E-state index < -0.39 is 0 Å². The first-order valence-corrected chi connectivity index (χ1v) is 8.94. The van der Waals surface area contributed by atoms with Gasteiger partial charge in [0.1, 0.15) is 0 Å². The molecule has 1 saturated carbocycles. The number of halogens is 3. The number of aliphatic hydroxyl groups excluding tert-OH is 1. The summed E-state index contributed by atoms with van der Waals surface area (Å²) in [6.45, 7) is 5.51. The van der Waals surface area contributed by atoms with Crippen molar-refractivity contribution in [3.63, 3.8) is 0 Å². The molecule has 0 amide bonds. The van der Waals surface area contributed by atoms with Gasteiger partial charge in [0.05, 0.1) is 22.2 Å². The van der Waals surface area contributed by atoms with Gasteiger partial charge in [-0.05, 0) is 44.4 Å². The van der Waals surface area contributed by atoms with E-state index in [1.807, 2.05) is 19.1 Å². The minimum Gasteiger partial charge on any atom is -0.393 e. The van der Waals surface area contributed by atoms with E-state index in [9.17, 15) is 5.11 Å². The Morgan fingerprint density at radius 3 is 2.67 bits per heavy atom. The molecule has 0 aliphatic heterocycles. The molecule has 4 nitrogen and oxygen atoms in total. The molecule has 1 fully saturated rings. The maximum absolute atomic E-state index is 9.91. The van der Waals surface area contributed by atoms with Gasteiger partial charge in [0.25, 0.3) is 0 Å². The predicted octanol–water partition coefficient (Wildman–Crippen LogP) is 4.39. The van der Waals surface area contributed by atoms with Gasteiger partial charge in [-0.25, -0.2) is 0 Å². The third-order valence-electron chi connectivity index (χ3n) is 4.24. The second-order valence-corrected chi connectivity index (χ2v) is 6.83. The number of hydrogen-bond acceptors (Lipinski definition) is 2. The number of nitrogens with one attached hydrogen (secondary N) is 2. The Morgan fingerprint density at radius 1 is 1.33 bits per heavy atom. The van der Waals surface area contributed by atoms with Crippen molar-refractivity contribution in [2.75, 3.05) is 13.1 Å². The van der Waals surface area contributed by atoms with Crippen LogP contribution in [0.15, 0.2) is 23.2 Å². The largest absolute Gasteiger partial charge is 0.393 e. The summed E-state index contributed by atoms with van der Waals surface area (Å²) < 4.78 is 0. The molecular formula is C17H26Cl2IN3O. The van der Waals surface area contributed by atoms with Crippen LogP contribution in [0.3, 0.4) is 0 Å². The lowest BCUT2D eigenvalue weighted by Gasteiger charge is -2.20. The van der Waals surface area contributed by atoms with Gasteiger partial charge in [0.15, 0.2) is 5.96 Å². The van der Waals surface area contributed by atoms with E-state index in [2.05, 4.69) is 22.5 Å². The summed E-state index contributed by atoms with van der Waals surface area (Å²) in [5, 5.41) is 17.6. The average Bonchev–Trinajstić information content (AvgIpc) is 2.93. The SMILES string of the molecule is CCNC(=NCC1CCCC1O)NC(C)c1ccc(Cl)c(Cl)c1.I. The Labute approximate surface area is 171 Å². The highest BCUT2D eigenvalue weighted by molar-refractivity contribution is 14.0. The molecular weight excluding hydrogens is 460 g/mol. The zero-order valence-electron chi connectivity index (χ0n) is 14.1. The number of rotatable bonds is 5. The number of benzene rings is 1. The Hall–Kier alpha value is -0.240. The van der Waals surface area contributed by atoms with Crippen LogP contribution in [0, 0.1) is 5.92 Å². The lowest BCUT2D eigenvalue weighted by Crippen LogP contribution is -2.39. The zero-order valence-corrected chi connectivity index (χ0v) is 17.9. The molecule has 0 radical (unpaired) electrons. The van der Waals surface area contributed by atoms with Crippen molar-refractivity contribution in [1.82, 2.24) is 10.6 Å². The molecule has 1 aromatic carbocycles. The first-order valence-electron chi connectivity index (χ1n) is 8.19. The van der Waals surface area contributed by atoms with Crippen LogP contribution in [-0.2, 0) is 0 Å². The van der Waals surface area contributed by atoms with Crippen LogP contribution in [0.1, 0.15) is 44.7 Å². The second kappa shape index (κ2) is 10.7. The van der Waals surface area contributed by atoms with E-state index in [0.29, 0.717) is 16.6 Å². The third kappa shape index (κ3) is 6.24. The third-order valence-corrected chi connectivity index (χ3v) is 4.98. The second-order valence-electron chi connectivity index (χ2n) is 6.02. The number of nitrogens with zero attached hydrogens (tertiary/aromatic N) is 1. The van der Waals surface area contributed by atoms with Crippen LogP contribution in [0.2, 0.25) is 10.0 Å². The van der Waals surface area contributed by atoms with E-state index in [-0.39, 0.29) is 42.0 Å². The fourth-order valence-corrected chi connectivity index (χ4v) is 3.14. The van der Waals surface area contributed by atoms with Crippen LogP contribution < -0.4 is 10.6 Å². The molecule has 2 rings (SSSR count). The van der Waals surface area contributed by atoms with Gasteiger partial charge in [-0.15, -0.1) is 24.0 Å². The predicted molar refractivity (Wildman–Crippen MR) is 113 cm³/mol. The van der Waals surface area contributed by atoms with Crippen molar-refractivity contribution in [1.29, 1.82) is 0 Å². The summed E-state index contributed by atoms with van der Waals surface area (Å²) in [4.78, 5) is 4.63. The molecule has 0 spiro atoms. The van der Waals surface area contributed by atoms with Crippen LogP contribution in [0.4, 0.5) is 0 Å². The van der Waals surface area contributed by atoms with Crippen molar-refractivity contribution in [3.05, 3.63) is 33.8 Å². The molecule has 24 heavy (non-hydrogen) atoms. The Morgan fingerprint density at radius 2 is 2.08 bits per heavy atom. The maximum atomic E-state index is 9.91. The Balaban J connectivity index is 0.00000288. The van der Waals surface area contributed by atoms with E-state index in [1.54, 1.807) is 6.07 Å². The first kappa shape index (κ1) is 21.8. The molecule has 3 N–H and O–H groups in total. The molecule has 7 heteroatoms. The average molecular weight is 486 g/mol. The number of aliphatic imine (C=N–C) groups is 1. The summed E-state index contributed by atoms with van der Waals surface area (Å²) in [5.74, 6) is 1.02. The number of hydrogen-bond donors (Lipinski definition) is 3. The smallest absolute Gasteiger partial charge is 0.191 e. The van der Waals surface area contributed by atoms with Gasteiger partial charge in [-0.2, -0.15) is 0 Å². The minimum atomic E-state index is -0.214. The molecule has 136 valence electrons. The van der Waals surface area contributed by atoms with Crippen molar-refractivity contribution in [2.24, 2.45) is 10.9 Å². The molecule has 3 unspecified atom stereocenters. The van der Waals surface area contributed by atoms with E-state index in [4.69, 9.17) is 23.2 Å². The van der Waals surface area contributed by atoms with Crippen LogP contribution in [0.25, 0.3) is 0 Å². The minimum absolute atomic E-state index is 0. The lowest BCUT2D eigenvalue weighted by atomic mass is 10.1. The molecule has 1 aromatic rings. The molecule has 0 heterocycles. The molecule has 1 aliphatic carbocycles. The highest BCUT2D eigenvalue weighted by Crippen LogP contribution is 2.26. The van der Waals surface area contributed by atoms with Crippen molar-refractivity contribution in [2.45, 2.75) is 45.3 Å². The Bertz CT molecular complexity index is 557. The van der Waals surface area contributed by atoms with Crippen molar-refractivity contribution < 1.29 is 5.11 Å². The van der Waals surface area contributed by atoms with Gasteiger partial charge >= 0.3 is 0 Å². The zero-order chi connectivity index (χ0) is 16.8. The fourth-order valence-electron chi connectivity index (χ4n) is 2.83. The molecule has 1 aliphatic rings. The maximum Gasteiger partial charge on any atom is 0.191 e. The van der Waals surface area contributed by atoms with Crippen LogP contribution in [-0.4, -0.2) is 30.3 Å². The highest BCUT2D eigenvalue weighted by Gasteiger charge is 2.24. The summed E-state index contributed by atoms with van der Waals surface area (Å²) in [6, 6.07) is 5.68. The molecule has 3 atom stereocenters. The van der Waals surface area contributed by atoms with E-state index >= 15 is 0 Å². The van der Waals surface area contributed by atoms with Crippen molar-refractivity contribution in [3.8, 4) is 0 Å². The first-order chi connectivity index (χ1) is 11.0. The lowest BCUT2D eigenvalue weighted by molar-refractivity contribution is 0.136. The van der Waals surface area contributed by atoms with Crippen LogP contribution in [0.5, 0.6) is 0 Å². The van der Waals surface area contributed by atoms with Gasteiger partial charge in [-0.3, -0.25) is 4.99 Å². The van der Waals surface area contributed by atoms with E-state index in [1.165, 1.54) is 0 Å². The monoisotopic (exact) mass is 485 g/mol. The molecule has 0 bridgehead atoms. The Kier molecular flexibility index (Phi) is 9.71. The number of aliphatic hydroxyl groups is 1. The standard InChI is InChI=1S/C17H25Cl2N3O.HI/c1-3-20-17(21-10-13-5-4-6-16(13)23)22-11(2)12-7-8-14(18)15(19)9-12;/h7-9,11,13,16,23H,3-6,10H2,1-2H3,(H2,20,21,22);1H. The molecule has 0 aromatic heterocycles.